The summed E-state index contributed by atoms with van der Waals surface area (Å²) >= 11 is 1.64. The zero-order chi connectivity index (χ0) is 13.4. The maximum absolute atomic E-state index is 11.5. The molecule has 100 valence electrons. The predicted octanol–water partition coefficient (Wildman–Crippen LogP) is 1.02. The highest BCUT2D eigenvalue weighted by atomic mass is 32.1. The molecule has 1 rings (SSSR count). The van der Waals surface area contributed by atoms with Crippen molar-refractivity contribution in [2.45, 2.75) is 31.7 Å². The number of aliphatic hydroxyl groups excluding tert-OH is 1. The molecule has 0 saturated carbocycles. The van der Waals surface area contributed by atoms with Gasteiger partial charge in [0.25, 0.3) is 0 Å². The van der Waals surface area contributed by atoms with Crippen LogP contribution in [0.5, 0.6) is 0 Å². The molecule has 1 heterocycles. The third-order valence-corrected chi connectivity index (χ3v) is 3.39. The molecule has 0 saturated heterocycles. The van der Waals surface area contributed by atoms with E-state index in [1.165, 1.54) is 4.88 Å². The molecule has 0 aliphatic carbocycles. The van der Waals surface area contributed by atoms with E-state index in [1.807, 2.05) is 17.5 Å². The molecule has 0 aromatic carbocycles. The van der Waals surface area contributed by atoms with Gasteiger partial charge in [-0.15, -0.1) is 11.3 Å². The Morgan fingerprint density at radius 2 is 2.22 bits per heavy atom. The largest absolute Gasteiger partial charge is 0.480 e. The van der Waals surface area contributed by atoms with Crippen LogP contribution in [0.1, 0.15) is 24.1 Å². The summed E-state index contributed by atoms with van der Waals surface area (Å²) in [6.45, 7) is -0.257. The molecule has 1 aromatic rings. The van der Waals surface area contributed by atoms with Crippen molar-refractivity contribution >= 4 is 23.2 Å². The van der Waals surface area contributed by atoms with Gasteiger partial charge in [0, 0.05) is 24.3 Å². The Labute approximate surface area is 109 Å². The number of hydrogen-bond acceptors (Lipinski definition) is 4. The monoisotopic (exact) mass is 271 g/mol. The zero-order valence-electron chi connectivity index (χ0n) is 9.96. The zero-order valence-corrected chi connectivity index (χ0v) is 10.8. The fraction of sp³-hybridized carbons (Fsp3) is 0.500. The smallest absolute Gasteiger partial charge is 0.326 e. The number of carboxylic acid groups (broad SMARTS) is 1. The molecule has 18 heavy (non-hydrogen) atoms. The number of carbonyl (C=O) groups excluding carboxylic acids is 1. The Balaban J connectivity index is 2.25. The summed E-state index contributed by atoms with van der Waals surface area (Å²) < 4.78 is 0. The Kier molecular flexibility index (Phi) is 6.38. The number of aliphatic hydroxyl groups is 1. The first-order valence-corrected chi connectivity index (χ1v) is 6.67. The number of hydrogen-bond donors (Lipinski definition) is 3. The Morgan fingerprint density at radius 3 is 2.78 bits per heavy atom. The highest BCUT2D eigenvalue weighted by Crippen LogP contribution is 2.11. The molecule has 1 atom stereocenters. The van der Waals surface area contributed by atoms with Crippen LogP contribution in [-0.2, 0) is 16.0 Å². The maximum atomic E-state index is 11.5. The van der Waals surface area contributed by atoms with Gasteiger partial charge in [-0.1, -0.05) is 6.07 Å². The van der Waals surface area contributed by atoms with E-state index in [9.17, 15) is 9.59 Å². The lowest BCUT2D eigenvalue weighted by Gasteiger charge is -2.12. The van der Waals surface area contributed by atoms with E-state index in [0.29, 0.717) is 12.8 Å². The lowest BCUT2D eigenvalue weighted by Crippen LogP contribution is -2.41. The fourth-order valence-corrected chi connectivity index (χ4v) is 2.28. The maximum Gasteiger partial charge on any atom is 0.326 e. The number of amides is 1. The third-order valence-electron chi connectivity index (χ3n) is 2.46. The minimum absolute atomic E-state index is 0.0337. The van der Waals surface area contributed by atoms with Crippen LogP contribution in [0, 0.1) is 0 Å². The second-order valence-corrected chi connectivity index (χ2v) is 4.94. The van der Waals surface area contributed by atoms with Crippen LogP contribution in [-0.4, -0.2) is 34.7 Å². The Hall–Kier alpha value is -1.40. The van der Waals surface area contributed by atoms with Gasteiger partial charge in [0.2, 0.25) is 5.91 Å². The van der Waals surface area contributed by atoms with Crippen LogP contribution in [0.2, 0.25) is 0 Å². The number of nitrogens with one attached hydrogen (secondary N) is 1. The Bertz CT molecular complexity index is 377. The van der Waals surface area contributed by atoms with Crippen LogP contribution in [0.4, 0.5) is 0 Å². The van der Waals surface area contributed by atoms with Gasteiger partial charge in [0.15, 0.2) is 0 Å². The van der Waals surface area contributed by atoms with Crippen molar-refractivity contribution in [1.82, 2.24) is 5.32 Å². The second kappa shape index (κ2) is 7.84. The first-order chi connectivity index (χ1) is 8.63. The molecule has 0 radical (unpaired) electrons. The van der Waals surface area contributed by atoms with Crippen molar-refractivity contribution in [3.63, 3.8) is 0 Å². The predicted molar refractivity (Wildman–Crippen MR) is 68.5 cm³/mol. The lowest BCUT2D eigenvalue weighted by atomic mass is 10.1. The normalized spacial score (nSPS) is 12.1. The van der Waals surface area contributed by atoms with Gasteiger partial charge in [0.05, 0.1) is 0 Å². The molecule has 0 unspecified atom stereocenters. The van der Waals surface area contributed by atoms with Gasteiger partial charge in [0.1, 0.15) is 6.04 Å². The molecule has 0 aliphatic rings. The molecular formula is C12H17NO4S. The highest BCUT2D eigenvalue weighted by Gasteiger charge is 2.18. The van der Waals surface area contributed by atoms with E-state index in [1.54, 1.807) is 11.3 Å². The van der Waals surface area contributed by atoms with Crippen LogP contribution in [0.3, 0.4) is 0 Å². The first-order valence-electron chi connectivity index (χ1n) is 5.79. The van der Waals surface area contributed by atoms with Gasteiger partial charge in [-0.05, 0) is 24.3 Å². The molecule has 1 aromatic heterocycles. The van der Waals surface area contributed by atoms with Gasteiger partial charge < -0.3 is 15.5 Å². The van der Waals surface area contributed by atoms with Crippen LogP contribution < -0.4 is 5.32 Å². The van der Waals surface area contributed by atoms with Crippen LogP contribution in [0.15, 0.2) is 17.5 Å². The van der Waals surface area contributed by atoms with Crippen molar-refractivity contribution in [1.29, 1.82) is 0 Å². The van der Waals surface area contributed by atoms with E-state index in [4.69, 9.17) is 10.2 Å². The molecule has 6 heteroatoms. The average molecular weight is 271 g/mol. The van der Waals surface area contributed by atoms with Gasteiger partial charge >= 0.3 is 5.97 Å². The molecule has 0 bridgehead atoms. The number of aliphatic carboxylic acids is 1. The first kappa shape index (κ1) is 14.7. The molecule has 5 nitrogen and oxygen atoms in total. The lowest BCUT2D eigenvalue weighted by molar-refractivity contribution is -0.142. The SMILES string of the molecule is O=C(CCCc1cccs1)N[C@@H](CCO)C(=O)O. The number of thiophene rings is 1. The summed E-state index contributed by atoms with van der Waals surface area (Å²) in [5.41, 5.74) is 0. The molecular weight excluding hydrogens is 254 g/mol. The summed E-state index contributed by atoms with van der Waals surface area (Å²) in [5.74, 6) is -1.40. The second-order valence-electron chi connectivity index (χ2n) is 3.90. The van der Waals surface area contributed by atoms with Gasteiger partial charge in [-0.2, -0.15) is 0 Å². The Morgan fingerprint density at radius 1 is 1.44 bits per heavy atom. The van der Waals surface area contributed by atoms with Crippen LogP contribution in [0.25, 0.3) is 0 Å². The van der Waals surface area contributed by atoms with E-state index < -0.39 is 12.0 Å². The van der Waals surface area contributed by atoms with Crippen molar-refractivity contribution < 1.29 is 19.8 Å². The summed E-state index contributed by atoms with van der Waals surface area (Å²) in [7, 11) is 0. The van der Waals surface area contributed by atoms with Crippen molar-refractivity contribution in [2.24, 2.45) is 0 Å². The number of carbonyl (C=O) groups is 2. The molecule has 0 spiro atoms. The summed E-state index contributed by atoms with van der Waals surface area (Å²) in [5, 5.41) is 21.9. The molecule has 0 aliphatic heterocycles. The van der Waals surface area contributed by atoms with E-state index >= 15 is 0 Å². The quantitative estimate of drug-likeness (QED) is 0.659. The number of carboxylic acids is 1. The number of rotatable bonds is 8. The summed E-state index contributed by atoms with van der Waals surface area (Å²) in [6.07, 6.45) is 1.85. The minimum Gasteiger partial charge on any atom is -0.480 e. The van der Waals surface area contributed by atoms with Gasteiger partial charge in [-0.25, -0.2) is 4.79 Å². The van der Waals surface area contributed by atoms with E-state index in [-0.39, 0.29) is 18.9 Å². The summed E-state index contributed by atoms with van der Waals surface area (Å²) in [6, 6.07) is 2.97. The average Bonchev–Trinajstić information content (AvgIpc) is 2.81. The fourth-order valence-electron chi connectivity index (χ4n) is 1.53. The molecule has 0 fully saturated rings. The molecule has 3 N–H and O–H groups in total. The number of aryl methyl sites for hydroxylation is 1. The van der Waals surface area contributed by atoms with Crippen molar-refractivity contribution in [3.05, 3.63) is 22.4 Å². The minimum atomic E-state index is -1.12. The highest BCUT2D eigenvalue weighted by molar-refractivity contribution is 7.09. The topological polar surface area (TPSA) is 86.6 Å². The van der Waals surface area contributed by atoms with Gasteiger partial charge in [-0.3, -0.25) is 4.79 Å². The third kappa shape index (κ3) is 5.29. The van der Waals surface area contributed by atoms with Crippen molar-refractivity contribution in [2.75, 3.05) is 6.61 Å². The standard InChI is InChI=1S/C12H17NO4S/c14-7-6-10(12(16)17)13-11(15)5-1-3-9-4-2-8-18-9/h2,4,8,10,14H,1,3,5-7H2,(H,13,15)(H,16,17)/t10-/m0/s1. The van der Waals surface area contributed by atoms with E-state index in [2.05, 4.69) is 5.32 Å². The van der Waals surface area contributed by atoms with Crippen LogP contribution >= 0.6 is 11.3 Å². The van der Waals surface area contributed by atoms with Crippen molar-refractivity contribution in [3.8, 4) is 0 Å². The summed E-state index contributed by atoms with van der Waals surface area (Å²) in [4.78, 5) is 23.5. The molecule has 1 amide bonds. The van der Waals surface area contributed by atoms with E-state index in [0.717, 1.165) is 6.42 Å².